The zero-order valence-electron chi connectivity index (χ0n) is 12.1. The second-order valence-electron chi connectivity index (χ2n) is 4.94. The van der Waals surface area contributed by atoms with Gasteiger partial charge in [-0.1, -0.05) is 32.0 Å². The molecule has 0 atom stereocenters. The molecular formula is C17H23NO. The van der Waals surface area contributed by atoms with Crippen LogP contribution in [-0.4, -0.2) is 13.2 Å². The lowest BCUT2D eigenvalue weighted by Crippen LogP contribution is -2.26. The summed E-state index contributed by atoms with van der Waals surface area (Å²) in [6.45, 7) is 5.40. The zero-order chi connectivity index (χ0) is 13.7. The fourth-order valence-electron chi connectivity index (χ4n) is 2.35. The first-order valence-electron chi connectivity index (χ1n) is 7.06. The maximum atomic E-state index is 5.25. The maximum absolute atomic E-state index is 5.25. The molecule has 0 bridgehead atoms. The molecule has 2 rings (SSSR count). The average Bonchev–Trinajstić information content (AvgIpc) is 2.47. The second kappa shape index (κ2) is 6.58. The lowest BCUT2D eigenvalue weighted by molar-refractivity contribution is 0.415. The van der Waals surface area contributed by atoms with Crippen LogP contribution in [0.2, 0.25) is 0 Å². The van der Waals surface area contributed by atoms with Gasteiger partial charge in [0.1, 0.15) is 5.75 Å². The van der Waals surface area contributed by atoms with Gasteiger partial charge in [0.2, 0.25) is 0 Å². The highest BCUT2D eigenvalue weighted by Gasteiger charge is 2.03. The van der Waals surface area contributed by atoms with Crippen molar-refractivity contribution < 1.29 is 4.74 Å². The number of rotatable bonds is 6. The van der Waals surface area contributed by atoms with Crippen LogP contribution >= 0.6 is 0 Å². The van der Waals surface area contributed by atoms with Crippen LogP contribution in [0.4, 0.5) is 0 Å². The summed E-state index contributed by atoms with van der Waals surface area (Å²) in [6, 6.07) is 13.4. The normalized spacial score (nSPS) is 11.2. The Morgan fingerprint density at radius 1 is 1.00 bits per heavy atom. The molecule has 0 spiro atoms. The molecule has 1 N–H and O–H groups in total. The van der Waals surface area contributed by atoms with Crippen LogP contribution in [0.15, 0.2) is 36.4 Å². The predicted octanol–water partition coefficient (Wildman–Crippen LogP) is 4.13. The van der Waals surface area contributed by atoms with E-state index in [1.54, 1.807) is 7.11 Å². The lowest BCUT2D eigenvalue weighted by Gasteiger charge is -2.15. The molecule has 0 saturated heterocycles. The van der Waals surface area contributed by atoms with E-state index < -0.39 is 0 Å². The van der Waals surface area contributed by atoms with E-state index in [4.69, 9.17) is 4.74 Å². The summed E-state index contributed by atoms with van der Waals surface area (Å²) in [5.74, 6) is 0.912. The Morgan fingerprint density at radius 2 is 1.68 bits per heavy atom. The van der Waals surface area contributed by atoms with Crippen LogP contribution in [0.5, 0.6) is 5.75 Å². The Kier molecular flexibility index (Phi) is 4.80. The van der Waals surface area contributed by atoms with E-state index in [1.165, 1.54) is 29.2 Å². The third kappa shape index (κ3) is 3.48. The summed E-state index contributed by atoms with van der Waals surface area (Å²) in [7, 11) is 1.70. The van der Waals surface area contributed by atoms with Gasteiger partial charge in [-0.25, -0.2) is 0 Å². The molecule has 2 nitrogen and oxygen atoms in total. The minimum absolute atomic E-state index is 0.617. The Morgan fingerprint density at radius 3 is 2.37 bits per heavy atom. The number of ether oxygens (including phenoxy) is 1. The summed E-state index contributed by atoms with van der Waals surface area (Å²) >= 11 is 0. The van der Waals surface area contributed by atoms with E-state index >= 15 is 0 Å². The predicted molar refractivity (Wildman–Crippen MR) is 81.7 cm³/mol. The Labute approximate surface area is 115 Å². The van der Waals surface area contributed by atoms with Gasteiger partial charge in [-0.15, -0.1) is 0 Å². The van der Waals surface area contributed by atoms with Crippen molar-refractivity contribution in [1.29, 1.82) is 0 Å². The molecule has 0 saturated carbocycles. The third-order valence-corrected chi connectivity index (χ3v) is 3.69. The molecule has 102 valence electrons. The van der Waals surface area contributed by atoms with Crippen LogP contribution in [0.1, 0.15) is 32.3 Å². The first kappa shape index (κ1) is 13.9. The van der Waals surface area contributed by atoms with Crippen molar-refractivity contribution in [2.45, 2.75) is 39.3 Å². The first-order chi connectivity index (χ1) is 9.26. The summed E-state index contributed by atoms with van der Waals surface area (Å²) in [5, 5.41) is 6.09. The molecule has 0 fully saturated rings. The quantitative estimate of drug-likeness (QED) is 0.840. The van der Waals surface area contributed by atoms with E-state index in [0.29, 0.717) is 6.04 Å². The van der Waals surface area contributed by atoms with Crippen LogP contribution in [0.3, 0.4) is 0 Å². The SMILES string of the molecule is CCC(CC)NCc1ccc2cc(OC)ccc2c1. The smallest absolute Gasteiger partial charge is 0.119 e. The van der Waals surface area contributed by atoms with Gasteiger partial charge < -0.3 is 10.1 Å². The number of methoxy groups -OCH3 is 1. The van der Waals surface area contributed by atoms with Crippen LogP contribution < -0.4 is 10.1 Å². The van der Waals surface area contributed by atoms with Gasteiger partial charge in [0.25, 0.3) is 0 Å². The minimum Gasteiger partial charge on any atom is -0.497 e. The van der Waals surface area contributed by atoms with Gasteiger partial charge in [0, 0.05) is 12.6 Å². The van der Waals surface area contributed by atoms with Crippen LogP contribution in [-0.2, 0) is 6.54 Å². The monoisotopic (exact) mass is 257 g/mol. The maximum Gasteiger partial charge on any atom is 0.119 e. The van der Waals surface area contributed by atoms with Crippen molar-refractivity contribution in [2.75, 3.05) is 7.11 Å². The van der Waals surface area contributed by atoms with Crippen molar-refractivity contribution in [3.63, 3.8) is 0 Å². The van der Waals surface area contributed by atoms with Crippen molar-refractivity contribution in [3.05, 3.63) is 42.0 Å². The van der Waals surface area contributed by atoms with Crippen molar-refractivity contribution in [2.24, 2.45) is 0 Å². The lowest BCUT2D eigenvalue weighted by atomic mass is 10.1. The highest BCUT2D eigenvalue weighted by molar-refractivity contribution is 5.84. The zero-order valence-corrected chi connectivity index (χ0v) is 12.1. The molecular weight excluding hydrogens is 234 g/mol. The van der Waals surface area contributed by atoms with Crippen LogP contribution in [0.25, 0.3) is 10.8 Å². The fourth-order valence-corrected chi connectivity index (χ4v) is 2.35. The van der Waals surface area contributed by atoms with Crippen molar-refractivity contribution in [1.82, 2.24) is 5.32 Å². The Balaban J connectivity index is 2.13. The van der Waals surface area contributed by atoms with E-state index in [1.807, 2.05) is 6.07 Å². The van der Waals surface area contributed by atoms with Gasteiger partial charge in [-0.05, 0) is 47.4 Å². The molecule has 2 heteroatoms. The van der Waals surface area contributed by atoms with Crippen LogP contribution in [0, 0.1) is 0 Å². The third-order valence-electron chi connectivity index (χ3n) is 3.69. The van der Waals surface area contributed by atoms with Gasteiger partial charge >= 0.3 is 0 Å². The number of benzene rings is 2. The molecule has 0 aromatic heterocycles. The summed E-state index contributed by atoms with van der Waals surface area (Å²) < 4.78 is 5.25. The molecule has 19 heavy (non-hydrogen) atoms. The second-order valence-corrected chi connectivity index (χ2v) is 4.94. The molecule has 0 unspecified atom stereocenters. The molecule has 0 aliphatic carbocycles. The largest absolute Gasteiger partial charge is 0.497 e. The van der Waals surface area contributed by atoms with E-state index in [0.717, 1.165) is 12.3 Å². The summed E-state index contributed by atoms with van der Waals surface area (Å²) in [4.78, 5) is 0. The van der Waals surface area contributed by atoms with E-state index in [9.17, 15) is 0 Å². The number of nitrogens with one attached hydrogen (secondary N) is 1. The van der Waals surface area contributed by atoms with E-state index in [2.05, 4.69) is 49.5 Å². The molecule has 0 aliphatic rings. The van der Waals surface area contributed by atoms with E-state index in [-0.39, 0.29) is 0 Å². The summed E-state index contributed by atoms with van der Waals surface area (Å²) in [6.07, 6.45) is 2.36. The molecule has 0 heterocycles. The van der Waals surface area contributed by atoms with Gasteiger partial charge in [-0.2, -0.15) is 0 Å². The fraction of sp³-hybridized carbons (Fsp3) is 0.412. The highest BCUT2D eigenvalue weighted by atomic mass is 16.5. The molecule has 0 radical (unpaired) electrons. The molecule has 2 aromatic rings. The number of hydrogen-bond acceptors (Lipinski definition) is 2. The highest BCUT2D eigenvalue weighted by Crippen LogP contribution is 2.21. The molecule has 0 amide bonds. The number of fused-ring (bicyclic) bond motifs is 1. The number of hydrogen-bond donors (Lipinski definition) is 1. The van der Waals surface area contributed by atoms with Gasteiger partial charge in [0.05, 0.1) is 7.11 Å². The van der Waals surface area contributed by atoms with Crippen molar-refractivity contribution in [3.8, 4) is 5.75 Å². The standard InChI is InChI=1S/C17H23NO/c1-4-16(5-2)18-12-13-6-7-15-11-17(19-3)9-8-14(15)10-13/h6-11,16,18H,4-5,12H2,1-3H3. The van der Waals surface area contributed by atoms with Crippen molar-refractivity contribution >= 4 is 10.8 Å². The molecule has 2 aromatic carbocycles. The van der Waals surface area contributed by atoms with Gasteiger partial charge in [-0.3, -0.25) is 0 Å². The summed E-state index contributed by atoms with van der Waals surface area (Å²) in [5.41, 5.74) is 1.34. The first-order valence-corrected chi connectivity index (χ1v) is 7.06. The Hall–Kier alpha value is -1.54. The minimum atomic E-state index is 0.617. The van der Waals surface area contributed by atoms with Gasteiger partial charge in [0.15, 0.2) is 0 Å². The topological polar surface area (TPSA) is 21.3 Å². The average molecular weight is 257 g/mol. The molecule has 0 aliphatic heterocycles. The Bertz CT molecular complexity index is 532.